The first-order valence-electron chi connectivity index (χ1n) is 6.35. The topological polar surface area (TPSA) is 41.5 Å². The molecule has 1 N–H and O–H groups in total. The predicted molar refractivity (Wildman–Crippen MR) is 71.8 cm³/mol. The first-order valence-corrected chi connectivity index (χ1v) is 6.73. The van der Waals surface area contributed by atoms with Gasteiger partial charge in [-0.2, -0.15) is 5.10 Å². The first-order chi connectivity index (χ1) is 8.74. The van der Waals surface area contributed by atoms with Crippen molar-refractivity contribution in [3.05, 3.63) is 34.9 Å². The number of hydrogen-bond donors (Lipinski definition) is 1. The fourth-order valence-corrected chi connectivity index (χ4v) is 3.21. The summed E-state index contributed by atoms with van der Waals surface area (Å²) in [4.78, 5) is 11.9. The summed E-state index contributed by atoms with van der Waals surface area (Å²) >= 11 is 5.97. The molecule has 3 rings (SSSR count). The monoisotopic (exact) mass is 262 g/mol. The second-order valence-corrected chi connectivity index (χ2v) is 5.51. The molecule has 2 fully saturated rings. The van der Waals surface area contributed by atoms with Crippen molar-refractivity contribution in [1.29, 1.82) is 0 Å². The molecule has 0 aromatic heterocycles. The highest BCUT2D eigenvalue weighted by Gasteiger charge is 2.36. The van der Waals surface area contributed by atoms with Crippen LogP contribution in [0.1, 0.15) is 36.0 Å². The van der Waals surface area contributed by atoms with E-state index < -0.39 is 0 Å². The van der Waals surface area contributed by atoms with Crippen LogP contribution in [0.5, 0.6) is 0 Å². The fourth-order valence-electron chi connectivity index (χ4n) is 2.99. The zero-order valence-electron chi connectivity index (χ0n) is 10.0. The van der Waals surface area contributed by atoms with Crippen LogP contribution in [0.2, 0.25) is 5.02 Å². The Balaban J connectivity index is 1.69. The second kappa shape index (κ2) is 4.73. The number of carbonyl (C=O) groups is 1. The van der Waals surface area contributed by atoms with Gasteiger partial charge < -0.3 is 0 Å². The quantitative estimate of drug-likeness (QED) is 0.817. The van der Waals surface area contributed by atoms with Crippen molar-refractivity contribution in [2.45, 2.75) is 25.7 Å². The van der Waals surface area contributed by atoms with E-state index in [1.165, 1.54) is 19.3 Å². The number of rotatable bonds is 2. The third-order valence-corrected chi connectivity index (χ3v) is 4.26. The number of benzene rings is 1. The number of carbonyl (C=O) groups excluding carboxylic acids is 1. The summed E-state index contributed by atoms with van der Waals surface area (Å²) in [5, 5.41) is 4.74. The molecule has 2 atom stereocenters. The molecule has 0 spiro atoms. The minimum atomic E-state index is -0.226. The van der Waals surface area contributed by atoms with Gasteiger partial charge in [-0.05, 0) is 49.7 Å². The van der Waals surface area contributed by atoms with Crippen molar-refractivity contribution in [3.8, 4) is 0 Å². The van der Waals surface area contributed by atoms with Crippen LogP contribution in [-0.4, -0.2) is 11.6 Å². The lowest BCUT2D eigenvalue weighted by Gasteiger charge is -2.11. The molecular weight excluding hydrogens is 248 g/mol. The summed E-state index contributed by atoms with van der Waals surface area (Å²) in [7, 11) is 0. The Bertz CT molecular complexity index is 512. The van der Waals surface area contributed by atoms with Crippen LogP contribution in [0.3, 0.4) is 0 Å². The number of amides is 1. The molecule has 4 heteroatoms. The highest BCUT2D eigenvalue weighted by molar-refractivity contribution is 6.33. The van der Waals surface area contributed by atoms with E-state index in [0.29, 0.717) is 16.5 Å². The molecule has 2 aliphatic carbocycles. The van der Waals surface area contributed by atoms with Crippen molar-refractivity contribution < 1.29 is 4.79 Å². The van der Waals surface area contributed by atoms with Crippen LogP contribution in [-0.2, 0) is 0 Å². The molecule has 0 aliphatic heterocycles. The lowest BCUT2D eigenvalue weighted by Crippen LogP contribution is -2.22. The molecule has 18 heavy (non-hydrogen) atoms. The van der Waals surface area contributed by atoms with Gasteiger partial charge in [0, 0.05) is 5.71 Å². The average Bonchev–Trinajstić information content (AvgIpc) is 2.98. The van der Waals surface area contributed by atoms with E-state index in [1.807, 2.05) is 0 Å². The molecule has 0 heterocycles. The van der Waals surface area contributed by atoms with Gasteiger partial charge in [-0.1, -0.05) is 23.7 Å². The predicted octanol–water partition coefficient (Wildman–Crippen LogP) is 3.25. The number of fused-ring (bicyclic) bond motifs is 2. The van der Waals surface area contributed by atoms with Crippen molar-refractivity contribution in [2.24, 2.45) is 16.9 Å². The summed E-state index contributed by atoms with van der Waals surface area (Å²) < 4.78 is 0. The van der Waals surface area contributed by atoms with Crippen LogP contribution < -0.4 is 5.43 Å². The van der Waals surface area contributed by atoms with Gasteiger partial charge in [0.15, 0.2) is 0 Å². The van der Waals surface area contributed by atoms with Crippen LogP contribution in [0.25, 0.3) is 0 Å². The highest BCUT2D eigenvalue weighted by Crippen LogP contribution is 2.42. The van der Waals surface area contributed by atoms with Gasteiger partial charge in [-0.25, -0.2) is 5.43 Å². The van der Waals surface area contributed by atoms with E-state index in [9.17, 15) is 4.79 Å². The van der Waals surface area contributed by atoms with Gasteiger partial charge in [-0.3, -0.25) is 4.79 Å². The van der Waals surface area contributed by atoms with Gasteiger partial charge in [0.05, 0.1) is 10.6 Å². The number of hydrogen-bond acceptors (Lipinski definition) is 2. The minimum absolute atomic E-state index is 0.226. The molecule has 0 saturated heterocycles. The largest absolute Gasteiger partial charge is 0.272 e. The summed E-state index contributed by atoms with van der Waals surface area (Å²) in [5.41, 5.74) is 4.27. The fraction of sp³-hybridized carbons (Fsp3) is 0.429. The molecule has 2 saturated carbocycles. The summed E-state index contributed by atoms with van der Waals surface area (Å²) in [6.45, 7) is 0. The maximum absolute atomic E-state index is 11.9. The Morgan fingerprint density at radius 1 is 1.33 bits per heavy atom. The second-order valence-electron chi connectivity index (χ2n) is 5.10. The molecule has 2 bridgehead atoms. The Labute approximate surface area is 111 Å². The van der Waals surface area contributed by atoms with E-state index in [4.69, 9.17) is 11.6 Å². The third-order valence-electron chi connectivity index (χ3n) is 3.93. The Hall–Kier alpha value is -1.35. The summed E-state index contributed by atoms with van der Waals surface area (Å²) in [6.07, 6.45) is 4.85. The normalized spacial score (nSPS) is 27.7. The zero-order valence-corrected chi connectivity index (χ0v) is 10.8. The number of nitrogens with zero attached hydrogens (tertiary/aromatic N) is 1. The minimum Gasteiger partial charge on any atom is -0.267 e. The number of hydrazone groups is 1. The van der Waals surface area contributed by atoms with Gasteiger partial charge in [0.2, 0.25) is 0 Å². The van der Waals surface area contributed by atoms with E-state index in [2.05, 4.69) is 10.5 Å². The maximum atomic E-state index is 11.9. The van der Waals surface area contributed by atoms with Gasteiger partial charge in [0.25, 0.3) is 5.91 Å². The van der Waals surface area contributed by atoms with Crippen molar-refractivity contribution >= 4 is 23.2 Å². The van der Waals surface area contributed by atoms with Crippen molar-refractivity contribution in [3.63, 3.8) is 0 Å². The van der Waals surface area contributed by atoms with E-state index in [-0.39, 0.29) is 5.91 Å². The summed E-state index contributed by atoms with van der Waals surface area (Å²) in [6, 6.07) is 7.02. The van der Waals surface area contributed by atoms with Crippen LogP contribution in [0.4, 0.5) is 0 Å². The molecule has 1 aromatic rings. The average molecular weight is 263 g/mol. The van der Waals surface area contributed by atoms with Gasteiger partial charge in [0.1, 0.15) is 0 Å². The molecule has 94 valence electrons. The standard InChI is InChI=1S/C14H15ClN2O/c15-12-4-2-1-3-11(12)14(18)17-16-13-8-9-5-6-10(13)7-9/h1-4,9-10H,5-8H2,(H,17,18). The Morgan fingerprint density at radius 3 is 2.83 bits per heavy atom. The number of nitrogens with one attached hydrogen (secondary N) is 1. The highest BCUT2D eigenvalue weighted by atomic mass is 35.5. The lowest BCUT2D eigenvalue weighted by atomic mass is 9.99. The third kappa shape index (κ3) is 2.15. The molecule has 2 aliphatic rings. The Morgan fingerprint density at radius 2 is 2.17 bits per heavy atom. The van der Waals surface area contributed by atoms with Crippen LogP contribution in [0.15, 0.2) is 29.4 Å². The SMILES string of the molecule is O=C(NN=C1CC2CCC1C2)c1ccccc1Cl. The van der Waals surface area contributed by atoms with E-state index in [0.717, 1.165) is 18.1 Å². The first kappa shape index (κ1) is 11.7. The lowest BCUT2D eigenvalue weighted by molar-refractivity contribution is 0.0954. The van der Waals surface area contributed by atoms with Crippen molar-refractivity contribution in [1.82, 2.24) is 5.43 Å². The van der Waals surface area contributed by atoms with Gasteiger partial charge >= 0.3 is 0 Å². The Kier molecular flexibility index (Phi) is 3.08. The van der Waals surface area contributed by atoms with Crippen molar-refractivity contribution in [2.75, 3.05) is 0 Å². The molecular formula is C14H15ClN2O. The van der Waals surface area contributed by atoms with Crippen LogP contribution >= 0.6 is 11.6 Å². The van der Waals surface area contributed by atoms with Gasteiger partial charge in [-0.15, -0.1) is 0 Å². The molecule has 2 unspecified atom stereocenters. The zero-order chi connectivity index (χ0) is 12.5. The van der Waals surface area contributed by atoms with E-state index >= 15 is 0 Å². The summed E-state index contributed by atoms with van der Waals surface area (Å²) in [5.74, 6) is 1.17. The molecule has 1 amide bonds. The smallest absolute Gasteiger partial charge is 0.267 e. The molecule has 1 aromatic carbocycles. The molecule has 3 nitrogen and oxygen atoms in total. The van der Waals surface area contributed by atoms with Crippen LogP contribution in [0, 0.1) is 11.8 Å². The van der Waals surface area contributed by atoms with E-state index in [1.54, 1.807) is 24.3 Å². The maximum Gasteiger partial charge on any atom is 0.272 e. The molecule has 0 radical (unpaired) electrons. The number of halogens is 1.